The number of thiazole rings is 1. The van der Waals surface area contributed by atoms with Gasteiger partial charge >= 0.3 is 0 Å². The van der Waals surface area contributed by atoms with Crippen molar-refractivity contribution in [2.45, 2.75) is 12.8 Å². The summed E-state index contributed by atoms with van der Waals surface area (Å²) in [6.45, 7) is 0. The van der Waals surface area contributed by atoms with Gasteiger partial charge in [-0.05, 0) is 54.3 Å². The number of para-hydroxylation sites is 1. The zero-order chi connectivity index (χ0) is 16.2. The highest BCUT2D eigenvalue weighted by Gasteiger charge is 2.09. The fourth-order valence-corrected chi connectivity index (χ4v) is 3.38. The van der Waals surface area contributed by atoms with E-state index in [2.05, 4.69) is 4.98 Å². The van der Waals surface area contributed by atoms with E-state index in [9.17, 15) is 9.90 Å². The van der Waals surface area contributed by atoms with Crippen LogP contribution in [0, 0.1) is 0 Å². The van der Waals surface area contributed by atoms with Gasteiger partial charge in [-0.2, -0.15) is 0 Å². The Morgan fingerprint density at radius 3 is 2.57 bits per heavy atom. The molecule has 1 aromatic heterocycles. The molecule has 0 fully saturated rings. The first-order chi connectivity index (χ1) is 11.1. The second-order valence-corrected chi connectivity index (χ2v) is 6.55. The van der Waals surface area contributed by atoms with Crippen LogP contribution in [0.15, 0.2) is 48.5 Å². The summed E-state index contributed by atoms with van der Waals surface area (Å²) in [4.78, 5) is 15.4. The van der Waals surface area contributed by atoms with Crippen LogP contribution in [0.25, 0.3) is 21.9 Å². The number of carbonyl (C=O) groups is 1. The van der Waals surface area contributed by atoms with E-state index in [0.717, 1.165) is 26.4 Å². The summed E-state index contributed by atoms with van der Waals surface area (Å²) >= 11 is 7.47. The van der Waals surface area contributed by atoms with E-state index in [0.29, 0.717) is 11.4 Å². The molecule has 3 aromatic rings. The monoisotopic (exact) mass is 342 g/mol. The van der Waals surface area contributed by atoms with E-state index >= 15 is 0 Å². The minimum atomic E-state index is -1.06. The lowest BCUT2D eigenvalue weighted by molar-refractivity contribution is -0.305. The molecule has 3 rings (SSSR count). The fourth-order valence-electron chi connectivity index (χ4n) is 2.25. The van der Waals surface area contributed by atoms with Crippen LogP contribution in [0.1, 0.15) is 23.4 Å². The van der Waals surface area contributed by atoms with Crippen LogP contribution in [-0.4, -0.2) is 11.0 Å². The Labute approximate surface area is 142 Å². The summed E-state index contributed by atoms with van der Waals surface area (Å²) < 4.78 is 1.08. The number of benzene rings is 2. The Hall–Kier alpha value is -2.17. The number of nitrogens with zero attached hydrogens (tertiary/aromatic N) is 1. The SMILES string of the molecule is O=C([O-])CC/C(=C\c1ccc(Cl)cc1)c1nc2ccccc2s1. The second kappa shape index (κ2) is 6.94. The molecule has 0 saturated heterocycles. The van der Waals surface area contributed by atoms with Crippen LogP contribution in [0.5, 0.6) is 0 Å². The summed E-state index contributed by atoms with van der Waals surface area (Å²) in [5.41, 5.74) is 2.77. The number of carbonyl (C=O) groups excluding carboxylic acids is 1. The number of carboxylic acids is 1. The van der Waals surface area contributed by atoms with E-state index in [1.807, 2.05) is 54.6 Å². The average Bonchev–Trinajstić information content (AvgIpc) is 2.97. The van der Waals surface area contributed by atoms with Crippen LogP contribution >= 0.6 is 22.9 Å². The Bertz CT molecular complexity index is 835. The standard InChI is InChI=1S/C18H14ClNO2S/c19-14-8-5-12(6-9-14)11-13(7-10-17(21)22)18-20-15-3-1-2-4-16(15)23-18/h1-6,8-9,11H,7,10H2,(H,21,22)/p-1/b13-11+. The van der Waals surface area contributed by atoms with Gasteiger partial charge in [0.25, 0.3) is 0 Å². The Morgan fingerprint density at radius 2 is 1.87 bits per heavy atom. The largest absolute Gasteiger partial charge is 0.550 e. The number of carboxylic acid groups (broad SMARTS) is 1. The van der Waals surface area contributed by atoms with Crippen LogP contribution in [0.2, 0.25) is 5.02 Å². The number of aliphatic carboxylic acids is 1. The third kappa shape index (κ3) is 3.97. The molecule has 0 N–H and O–H groups in total. The smallest absolute Gasteiger partial charge is 0.120 e. The third-order valence-corrected chi connectivity index (χ3v) is 4.74. The van der Waals surface area contributed by atoms with Crippen LogP contribution in [0.3, 0.4) is 0 Å². The minimum absolute atomic E-state index is 0.0324. The van der Waals surface area contributed by atoms with Crippen molar-refractivity contribution < 1.29 is 9.90 Å². The normalized spacial score (nSPS) is 11.8. The van der Waals surface area contributed by atoms with Gasteiger partial charge in [-0.3, -0.25) is 0 Å². The molecule has 0 amide bonds. The Balaban J connectivity index is 2.00. The third-order valence-electron chi connectivity index (χ3n) is 3.38. The molecule has 5 heteroatoms. The maximum absolute atomic E-state index is 10.8. The fraction of sp³-hybridized carbons (Fsp3) is 0.111. The van der Waals surface area contributed by atoms with Gasteiger partial charge < -0.3 is 9.90 Å². The molecule has 1 heterocycles. The number of halogens is 1. The van der Waals surface area contributed by atoms with E-state index in [-0.39, 0.29) is 6.42 Å². The second-order valence-electron chi connectivity index (χ2n) is 5.08. The van der Waals surface area contributed by atoms with Crippen molar-refractivity contribution in [1.29, 1.82) is 0 Å². The lowest BCUT2D eigenvalue weighted by atomic mass is 10.1. The van der Waals surface area contributed by atoms with Gasteiger partial charge in [-0.15, -0.1) is 11.3 Å². The van der Waals surface area contributed by atoms with Gasteiger partial charge in [0, 0.05) is 11.0 Å². The molecular weight excluding hydrogens is 330 g/mol. The van der Waals surface area contributed by atoms with Crippen molar-refractivity contribution in [3.63, 3.8) is 0 Å². The summed E-state index contributed by atoms with van der Waals surface area (Å²) in [6, 6.07) is 15.3. The Morgan fingerprint density at radius 1 is 1.13 bits per heavy atom. The van der Waals surface area contributed by atoms with Crippen LogP contribution < -0.4 is 5.11 Å². The molecule has 0 unspecified atom stereocenters. The van der Waals surface area contributed by atoms with Crippen molar-refractivity contribution in [2.24, 2.45) is 0 Å². The predicted molar refractivity (Wildman–Crippen MR) is 93.2 cm³/mol. The molecule has 0 bridgehead atoms. The van der Waals surface area contributed by atoms with Gasteiger partial charge in [-0.25, -0.2) is 4.98 Å². The van der Waals surface area contributed by atoms with Crippen molar-refractivity contribution in [3.05, 3.63) is 64.1 Å². The zero-order valence-corrected chi connectivity index (χ0v) is 13.7. The predicted octanol–water partition coefficient (Wildman–Crippen LogP) is 4.02. The van der Waals surface area contributed by atoms with Crippen molar-refractivity contribution in [1.82, 2.24) is 4.98 Å². The first kappa shape index (κ1) is 15.7. The molecule has 2 aromatic carbocycles. The van der Waals surface area contributed by atoms with Crippen molar-refractivity contribution in [2.75, 3.05) is 0 Å². The van der Waals surface area contributed by atoms with Crippen molar-refractivity contribution >= 4 is 50.8 Å². The first-order valence-corrected chi connectivity index (χ1v) is 8.33. The van der Waals surface area contributed by atoms with Gasteiger partial charge in [0.1, 0.15) is 5.01 Å². The van der Waals surface area contributed by atoms with Crippen LogP contribution in [0.4, 0.5) is 0 Å². The molecule has 0 spiro atoms. The van der Waals surface area contributed by atoms with Gasteiger partial charge in [0.05, 0.1) is 10.2 Å². The molecule has 0 saturated carbocycles. The molecule has 116 valence electrons. The van der Waals surface area contributed by atoms with E-state index in [1.165, 1.54) is 0 Å². The topological polar surface area (TPSA) is 53.0 Å². The molecule has 0 aliphatic heterocycles. The zero-order valence-electron chi connectivity index (χ0n) is 12.2. The van der Waals surface area contributed by atoms with Gasteiger partial charge in [-0.1, -0.05) is 35.9 Å². The minimum Gasteiger partial charge on any atom is -0.550 e. The molecule has 0 aliphatic carbocycles. The summed E-state index contributed by atoms with van der Waals surface area (Å²) in [5, 5.41) is 12.3. The van der Waals surface area contributed by atoms with E-state index in [4.69, 9.17) is 11.6 Å². The summed E-state index contributed by atoms with van der Waals surface area (Å²) in [5.74, 6) is -1.06. The molecule has 0 aliphatic rings. The number of hydrogen-bond acceptors (Lipinski definition) is 4. The molecule has 0 radical (unpaired) electrons. The molecule has 0 atom stereocenters. The molecule has 3 nitrogen and oxygen atoms in total. The van der Waals surface area contributed by atoms with Gasteiger partial charge in [0.2, 0.25) is 0 Å². The van der Waals surface area contributed by atoms with Crippen LogP contribution in [-0.2, 0) is 4.79 Å². The van der Waals surface area contributed by atoms with E-state index in [1.54, 1.807) is 11.3 Å². The maximum Gasteiger partial charge on any atom is 0.120 e. The highest BCUT2D eigenvalue weighted by molar-refractivity contribution is 7.19. The highest BCUT2D eigenvalue weighted by atomic mass is 35.5. The number of allylic oxidation sites excluding steroid dienone is 1. The number of fused-ring (bicyclic) bond motifs is 1. The lowest BCUT2D eigenvalue weighted by Crippen LogP contribution is -2.21. The maximum atomic E-state index is 10.8. The Kier molecular flexibility index (Phi) is 4.74. The quantitative estimate of drug-likeness (QED) is 0.703. The highest BCUT2D eigenvalue weighted by Crippen LogP contribution is 2.31. The molecular formula is C18H13ClNO2S-. The molecule has 23 heavy (non-hydrogen) atoms. The van der Waals surface area contributed by atoms with Crippen molar-refractivity contribution in [3.8, 4) is 0 Å². The van der Waals surface area contributed by atoms with E-state index < -0.39 is 5.97 Å². The average molecular weight is 343 g/mol. The lowest BCUT2D eigenvalue weighted by Gasteiger charge is -2.06. The number of hydrogen-bond donors (Lipinski definition) is 0. The summed E-state index contributed by atoms with van der Waals surface area (Å²) in [7, 11) is 0. The number of aromatic nitrogens is 1. The first-order valence-electron chi connectivity index (χ1n) is 7.14. The van der Waals surface area contributed by atoms with Gasteiger partial charge in [0.15, 0.2) is 0 Å². The number of rotatable bonds is 5. The summed E-state index contributed by atoms with van der Waals surface area (Å²) in [6.07, 6.45) is 2.30.